The lowest BCUT2D eigenvalue weighted by molar-refractivity contribution is -0.140. The second-order valence-electron chi connectivity index (χ2n) is 5.98. The predicted molar refractivity (Wildman–Crippen MR) is 68.1 cm³/mol. The molecule has 5 nitrogen and oxygen atoms in total. The summed E-state index contributed by atoms with van der Waals surface area (Å²) >= 11 is 0. The summed E-state index contributed by atoms with van der Waals surface area (Å²) in [7, 11) is 0. The van der Waals surface area contributed by atoms with Crippen molar-refractivity contribution in [1.29, 1.82) is 0 Å². The molecule has 1 unspecified atom stereocenters. The molecule has 1 aromatic heterocycles. The number of aliphatic hydroxyl groups is 2. The van der Waals surface area contributed by atoms with Gasteiger partial charge >= 0.3 is 0 Å². The molecular weight excluding hydrogens is 232 g/mol. The highest BCUT2D eigenvalue weighted by Gasteiger charge is 2.38. The summed E-state index contributed by atoms with van der Waals surface area (Å²) in [6.45, 7) is 6.92. The lowest BCUT2D eigenvalue weighted by Gasteiger charge is -2.34. The number of carbonyl (C=O) groups is 1. The van der Waals surface area contributed by atoms with Gasteiger partial charge in [0.05, 0.1) is 6.33 Å². The molecule has 0 amide bonds. The Morgan fingerprint density at radius 2 is 2.06 bits per heavy atom. The largest absolute Gasteiger partial charge is 0.388 e. The van der Waals surface area contributed by atoms with E-state index in [2.05, 4.69) is 9.97 Å². The number of Topliss-reactive ketones (excluding diaryl/α,β-unsaturated/α-hetero) is 1. The third kappa shape index (κ3) is 3.40. The zero-order valence-electron chi connectivity index (χ0n) is 11.4. The van der Waals surface area contributed by atoms with Gasteiger partial charge in [0.15, 0.2) is 5.78 Å². The number of nitrogens with one attached hydrogen (secondary N) is 1. The van der Waals surface area contributed by atoms with E-state index in [1.54, 1.807) is 12.5 Å². The summed E-state index contributed by atoms with van der Waals surface area (Å²) in [6.07, 6.45) is 3.53. The second kappa shape index (κ2) is 5.20. The van der Waals surface area contributed by atoms with Crippen molar-refractivity contribution in [2.75, 3.05) is 6.61 Å². The van der Waals surface area contributed by atoms with E-state index in [0.717, 1.165) is 5.69 Å². The number of imidazole rings is 1. The highest BCUT2D eigenvalue weighted by Crippen LogP contribution is 2.39. The first-order chi connectivity index (χ1) is 8.18. The molecule has 0 aliphatic heterocycles. The lowest BCUT2D eigenvalue weighted by Crippen LogP contribution is -2.41. The van der Waals surface area contributed by atoms with Gasteiger partial charge in [-0.05, 0) is 18.8 Å². The lowest BCUT2D eigenvalue weighted by atomic mass is 9.72. The van der Waals surface area contributed by atoms with Crippen molar-refractivity contribution in [3.8, 4) is 0 Å². The minimum atomic E-state index is -1.53. The number of hydrogen-bond donors (Lipinski definition) is 3. The van der Waals surface area contributed by atoms with E-state index < -0.39 is 18.0 Å². The van der Waals surface area contributed by atoms with Crippen LogP contribution in [0.2, 0.25) is 0 Å². The number of aromatic amines is 1. The van der Waals surface area contributed by atoms with Crippen LogP contribution < -0.4 is 0 Å². The monoisotopic (exact) mass is 254 g/mol. The highest BCUT2D eigenvalue weighted by atomic mass is 16.3. The fourth-order valence-electron chi connectivity index (χ4n) is 2.02. The van der Waals surface area contributed by atoms with Crippen LogP contribution in [-0.4, -0.2) is 38.2 Å². The van der Waals surface area contributed by atoms with E-state index in [9.17, 15) is 9.90 Å². The van der Waals surface area contributed by atoms with Gasteiger partial charge < -0.3 is 15.2 Å². The van der Waals surface area contributed by atoms with E-state index in [4.69, 9.17) is 5.11 Å². The van der Waals surface area contributed by atoms with Crippen molar-refractivity contribution in [2.45, 2.75) is 45.6 Å². The molecule has 0 spiro atoms. The number of hydrogen-bond acceptors (Lipinski definition) is 4. The topological polar surface area (TPSA) is 86.2 Å². The molecule has 1 rings (SSSR count). The average Bonchev–Trinajstić information content (AvgIpc) is 2.76. The Hall–Kier alpha value is -1.20. The van der Waals surface area contributed by atoms with Crippen LogP contribution in [0.5, 0.6) is 0 Å². The Balaban J connectivity index is 2.98. The third-order valence-electron chi connectivity index (χ3n) is 3.29. The van der Waals surface area contributed by atoms with Gasteiger partial charge in [-0.25, -0.2) is 4.98 Å². The number of aromatic nitrogens is 2. The minimum Gasteiger partial charge on any atom is -0.388 e. The maximum atomic E-state index is 11.5. The minimum absolute atomic E-state index is 0.0505. The van der Waals surface area contributed by atoms with Gasteiger partial charge in [-0.2, -0.15) is 0 Å². The first kappa shape index (κ1) is 14.9. The van der Waals surface area contributed by atoms with Crippen LogP contribution in [0.1, 0.15) is 45.7 Å². The van der Waals surface area contributed by atoms with Crippen LogP contribution in [0.15, 0.2) is 12.5 Å². The summed E-state index contributed by atoms with van der Waals surface area (Å²) in [5.74, 6) is -0.609. The van der Waals surface area contributed by atoms with Crippen molar-refractivity contribution < 1.29 is 15.0 Å². The van der Waals surface area contributed by atoms with Crippen molar-refractivity contribution in [1.82, 2.24) is 9.97 Å². The molecule has 0 aromatic carbocycles. The average molecular weight is 254 g/mol. The molecule has 18 heavy (non-hydrogen) atoms. The van der Waals surface area contributed by atoms with E-state index in [1.165, 1.54) is 6.92 Å². The Morgan fingerprint density at radius 1 is 1.44 bits per heavy atom. The van der Waals surface area contributed by atoms with Crippen LogP contribution in [0, 0.1) is 5.41 Å². The van der Waals surface area contributed by atoms with Gasteiger partial charge in [0.2, 0.25) is 0 Å². The Bertz CT molecular complexity index is 391. The molecule has 0 fully saturated rings. The molecule has 0 saturated heterocycles. The smallest absolute Gasteiger partial charge is 0.189 e. The molecule has 3 N–H and O–H groups in total. The van der Waals surface area contributed by atoms with Crippen LogP contribution in [-0.2, 0) is 4.79 Å². The fourth-order valence-corrected chi connectivity index (χ4v) is 2.02. The molecule has 1 heterocycles. The van der Waals surface area contributed by atoms with Crippen LogP contribution >= 0.6 is 0 Å². The SMILES string of the molecule is CC(C)(C)C(C[C@](C)(O)C(=O)CO)c1cnc[nH]1. The van der Waals surface area contributed by atoms with Crippen LogP contribution in [0.25, 0.3) is 0 Å². The van der Waals surface area contributed by atoms with E-state index in [1.807, 2.05) is 20.8 Å². The highest BCUT2D eigenvalue weighted by molar-refractivity contribution is 5.87. The Kier molecular flexibility index (Phi) is 4.29. The molecule has 0 radical (unpaired) electrons. The summed E-state index contributed by atoms with van der Waals surface area (Å²) in [5.41, 5.74) is -0.780. The Labute approximate surface area is 107 Å². The first-order valence-corrected chi connectivity index (χ1v) is 6.03. The molecule has 0 aliphatic carbocycles. The molecule has 5 heteroatoms. The molecule has 1 aromatic rings. The van der Waals surface area contributed by atoms with E-state index >= 15 is 0 Å². The van der Waals surface area contributed by atoms with Crippen molar-refractivity contribution >= 4 is 5.78 Å². The van der Waals surface area contributed by atoms with Gasteiger partial charge in [0.25, 0.3) is 0 Å². The second-order valence-corrected chi connectivity index (χ2v) is 5.98. The molecule has 2 atom stereocenters. The van der Waals surface area contributed by atoms with Crippen molar-refractivity contribution in [3.63, 3.8) is 0 Å². The maximum absolute atomic E-state index is 11.5. The van der Waals surface area contributed by atoms with Gasteiger partial charge in [-0.1, -0.05) is 20.8 Å². The molecule has 0 saturated carbocycles. The third-order valence-corrected chi connectivity index (χ3v) is 3.29. The predicted octanol–water partition coefficient (Wildman–Crippen LogP) is 1.24. The zero-order valence-corrected chi connectivity index (χ0v) is 11.4. The summed E-state index contributed by atoms with van der Waals surface area (Å²) < 4.78 is 0. The number of aliphatic hydroxyl groups excluding tert-OH is 1. The van der Waals surface area contributed by atoms with Crippen LogP contribution in [0.4, 0.5) is 0 Å². The normalized spacial score (nSPS) is 17.2. The molecular formula is C13H22N2O3. The molecule has 0 bridgehead atoms. The number of rotatable bonds is 5. The van der Waals surface area contributed by atoms with E-state index in [-0.39, 0.29) is 17.8 Å². The number of carbonyl (C=O) groups excluding carboxylic acids is 1. The van der Waals surface area contributed by atoms with Gasteiger partial charge in [0.1, 0.15) is 12.2 Å². The maximum Gasteiger partial charge on any atom is 0.189 e. The molecule has 102 valence electrons. The summed E-state index contributed by atoms with van der Waals surface area (Å²) in [4.78, 5) is 18.5. The van der Waals surface area contributed by atoms with Gasteiger partial charge in [-0.3, -0.25) is 4.79 Å². The first-order valence-electron chi connectivity index (χ1n) is 6.03. The standard InChI is InChI=1S/C13H22N2O3/c1-12(2,3)9(10-6-14-8-15-10)5-13(4,18)11(17)7-16/h6,8-9,16,18H,5,7H2,1-4H3,(H,14,15)/t9?,13-/m0/s1. The van der Waals surface area contributed by atoms with E-state index in [0.29, 0.717) is 0 Å². The Morgan fingerprint density at radius 3 is 2.44 bits per heavy atom. The number of ketones is 1. The zero-order chi connectivity index (χ0) is 14.0. The summed E-state index contributed by atoms with van der Waals surface area (Å²) in [5, 5.41) is 19.1. The van der Waals surface area contributed by atoms with Crippen molar-refractivity contribution in [2.24, 2.45) is 5.41 Å². The fraction of sp³-hybridized carbons (Fsp3) is 0.692. The number of nitrogens with zero attached hydrogens (tertiary/aromatic N) is 1. The molecule has 0 aliphatic rings. The number of H-pyrrole nitrogens is 1. The van der Waals surface area contributed by atoms with Gasteiger partial charge in [0, 0.05) is 17.8 Å². The van der Waals surface area contributed by atoms with Crippen LogP contribution in [0.3, 0.4) is 0 Å². The van der Waals surface area contributed by atoms with Crippen molar-refractivity contribution in [3.05, 3.63) is 18.2 Å². The summed E-state index contributed by atoms with van der Waals surface area (Å²) in [6, 6.07) is 0. The van der Waals surface area contributed by atoms with Gasteiger partial charge in [-0.15, -0.1) is 0 Å². The quantitative estimate of drug-likeness (QED) is 0.738.